The first kappa shape index (κ1) is 37.4. The Labute approximate surface area is 259 Å². The summed E-state index contributed by atoms with van der Waals surface area (Å²) < 4.78 is 10.0. The molecule has 1 atom stereocenters. The first-order chi connectivity index (χ1) is 19.4. The van der Waals surface area contributed by atoms with Crippen molar-refractivity contribution in [2.24, 2.45) is 5.73 Å². The third-order valence-electron chi connectivity index (χ3n) is 4.36. The minimum atomic E-state index is -0.925. The Hall–Kier alpha value is -4.71. The number of hydrogen-bond donors (Lipinski definition) is 2. The lowest BCUT2D eigenvalue weighted by Gasteiger charge is -2.14. The molecule has 0 heterocycles. The van der Waals surface area contributed by atoms with E-state index in [1.165, 1.54) is 45.4 Å². The highest BCUT2D eigenvalue weighted by Crippen LogP contribution is 2.11. The molecule has 7 heteroatoms. The predicted molar refractivity (Wildman–Crippen MR) is 182 cm³/mol. The highest BCUT2D eigenvalue weighted by molar-refractivity contribution is 5.89. The number of aliphatic hydroxyl groups excluding tert-OH is 1. The summed E-state index contributed by atoms with van der Waals surface area (Å²) in [6.45, 7) is 4.45. The number of nitrogens with two attached hydrogens (primary N) is 1. The van der Waals surface area contributed by atoms with Crippen molar-refractivity contribution in [3.8, 4) is 82.9 Å². The quantitative estimate of drug-likeness (QED) is 0.113. The molecule has 0 aromatic heterocycles. The summed E-state index contributed by atoms with van der Waals surface area (Å²) in [6.07, 6.45) is 9.68. The summed E-state index contributed by atoms with van der Waals surface area (Å²) in [7, 11) is 0. The van der Waals surface area contributed by atoms with Crippen LogP contribution in [0.5, 0.6) is 0 Å². The van der Waals surface area contributed by atoms with Gasteiger partial charge in [-0.1, -0.05) is 64.2 Å². The van der Waals surface area contributed by atoms with Gasteiger partial charge in [0.05, 0.1) is 6.61 Å². The maximum Gasteiger partial charge on any atom is 0.385 e. The van der Waals surface area contributed by atoms with E-state index in [-0.39, 0.29) is 37.5 Å². The Kier molecular flexibility index (Phi) is 28.6. The van der Waals surface area contributed by atoms with Crippen LogP contribution in [0.25, 0.3) is 0 Å². The number of carbonyl (C=O) groups is 3. The van der Waals surface area contributed by atoms with Gasteiger partial charge in [0.1, 0.15) is 6.61 Å². The van der Waals surface area contributed by atoms with Gasteiger partial charge in [0.15, 0.2) is 6.10 Å². The van der Waals surface area contributed by atoms with Crippen molar-refractivity contribution in [2.75, 3.05) is 13.2 Å². The maximum atomic E-state index is 11.9. The zero-order valence-corrected chi connectivity index (χ0v) is 23.6. The Morgan fingerprint density at radius 2 is 1.18 bits per heavy atom. The van der Waals surface area contributed by atoms with E-state index in [0.29, 0.717) is 0 Å². The molecule has 0 spiro atoms. The average Bonchev–Trinajstić information content (AvgIpc) is 2.92. The van der Waals surface area contributed by atoms with E-state index in [9.17, 15) is 19.5 Å². The highest BCUT2D eigenvalue weighted by Gasteiger charge is 2.15. The van der Waals surface area contributed by atoms with Crippen LogP contribution >= 0.6 is 0 Å². The monoisotopic (exact) mass is 569 g/mol. The fraction of sp³-hybridized carbons (Fsp3) is 0.485. The number of ether oxygens (including phenoxy) is 2. The van der Waals surface area contributed by atoms with Crippen LogP contribution in [0, 0.1) is 82.9 Å². The molecule has 7 nitrogen and oxygen atoms in total. The molecule has 0 saturated heterocycles. The Balaban J connectivity index is -0.0000000620. The number of hydrogen-bond acceptors (Lipinski definition) is 6. The number of primary amides is 1. The van der Waals surface area contributed by atoms with Crippen molar-refractivity contribution in [1.29, 1.82) is 0 Å². The molecule has 0 radical (unpaired) electrons. The van der Waals surface area contributed by atoms with Gasteiger partial charge in [0, 0.05) is 37.8 Å². The number of carbonyl (C=O) groups excluding carboxylic acids is 3. The van der Waals surface area contributed by atoms with Crippen LogP contribution in [-0.4, -0.2) is 42.3 Å². The number of aliphatic hydroxyl groups is 1. The topological polar surface area (TPSA) is 116 Å². The molecule has 0 fully saturated rings. The summed E-state index contributed by atoms with van der Waals surface area (Å²) in [5, 5.41) is 9.34. The van der Waals surface area contributed by atoms with Crippen molar-refractivity contribution in [3.05, 3.63) is 0 Å². The van der Waals surface area contributed by atoms with Crippen molar-refractivity contribution in [1.82, 2.24) is 0 Å². The number of amides is 1. The largest absolute Gasteiger partial charge is 0.456 e. The minimum absolute atomic E-state index is 0. The van der Waals surface area contributed by atoms with Gasteiger partial charge >= 0.3 is 11.9 Å². The molecule has 0 rings (SSSR count). The molecule has 0 unspecified atom stereocenters. The summed E-state index contributed by atoms with van der Waals surface area (Å²) in [6, 6.07) is 0. The summed E-state index contributed by atoms with van der Waals surface area (Å²) in [5.41, 5.74) is 4.47. The lowest BCUT2D eigenvalue weighted by Crippen LogP contribution is -2.28. The van der Waals surface area contributed by atoms with Gasteiger partial charge in [0.2, 0.25) is 5.91 Å². The van der Waals surface area contributed by atoms with Crippen molar-refractivity contribution >= 4 is 17.8 Å². The summed E-state index contributed by atoms with van der Waals surface area (Å²) in [4.78, 5) is 32.8. The van der Waals surface area contributed by atoms with Crippen LogP contribution in [0.15, 0.2) is 0 Å². The van der Waals surface area contributed by atoms with Gasteiger partial charge in [0.25, 0.3) is 0 Å². The molecule has 1 amide bonds. The van der Waals surface area contributed by atoms with Gasteiger partial charge in [-0.15, -0.1) is 0 Å². The highest BCUT2D eigenvalue weighted by atomic mass is 16.6. The molecule has 0 aromatic rings. The van der Waals surface area contributed by atoms with Crippen LogP contribution < -0.4 is 5.73 Å². The van der Waals surface area contributed by atoms with E-state index in [2.05, 4.69) is 95.5 Å². The van der Waals surface area contributed by atoms with Crippen molar-refractivity contribution in [3.63, 3.8) is 0 Å². The van der Waals surface area contributed by atoms with E-state index < -0.39 is 24.6 Å². The molecule has 0 bridgehead atoms. The van der Waals surface area contributed by atoms with Gasteiger partial charge in [-0.2, -0.15) is 0 Å². The second kappa shape index (κ2) is 30.5. The molecule has 3 N–H and O–H groups in total. The Morgan fingerprint density at radius 1 is 0.750 bits per heavy atom. The number of rotatable bonds is 14. The summed E-state index contributed by atoms with van der Waals surface area (Å²) >= 11 is 0. The maximum absolute atomic E-state index is 11.9. The van der Waals surface area contributed by atoms with Gasteiger partial charge in [-0.05, 0) is 84.4 Å². The van der Waals surface area contributed by atoms with Gasteiger partial charge in [-0.25, -0.2) is 4.79 Å². The van der Waals surface area contributed by atoms with E-state index >= 15 is 0 Å². The molecular formula is C33H63NO6. The Bertz CT molecular complexity index is 1250. The van der Waals surface area contributed by atoms with Crippen molar-refractivity contribution in [2.45, 2.75) is 91.1 Å². The molecule has 236 valence electrons. The van der Waals surface area contributed by atoms with E-state index in [0.717, 1.165) is 19.3 Å². The number of esters is 2. The number of unbranched alkanes of at least 4 members (excludes halogenated alkanes) is 8. The van der Waals surface area contributed by atoms with Gasteiger partial charge in [-0.3, -0.25) is 9.59 Å². The molecule has 40 heavy (non-hydrogen) atoms. The predicted octanol–water partition coefficient (Wildman–Crippen LogP) is 6.09. The SMILES string of the molecule is CC#CC#CC#CC#CC#CC#CC#CC(=O)OC[C@H](CO)OC(=O)CCCCCCCCCCC.CC(N)=O.[HH].[HH].[HH].[HH].[HH].[HH].[HH].[HH].[HH].[HH].[HH].[HH].[HH]. The summed E-state index contributed by atoms with van der Waals surface area (Å²) in [5.74, 6) is 32.6. The zero-order chi connectivity index (χ0) is 30.1. The van der Waals surface area contributed by atoms with E-state index in [1.807, 2.05) is 0 Å². The lowest BCUT2D eigenvalue weighted by atomic mass is 10.1. The normalized spacial score (nSPS) is 8.60. The molecule has 0 aromatic carbocycles. The van der Waals surface area contributed by atoms with Crippen molar-refractivity contribution < 1.29 is 47.5 Å². The lowest BCUT2D eigenvalue weighted by molar-refractivity contribution is -0.159. The molecule has 0 aliphatic rings. The second-order valence-corrected chi connectivity index (χ2v) is 7.96. The molecule has 0 aliphatic carbocycles. The van der Waals surface area contributed by atoms with Crippen LogP contribution in [-0.2, 0) is 23.9 Å². The first-order valence-corrected chi connectivity index (χ1v) is 13.0. The first-order valence-electron chi connectivity index (χ1n) is 13.0. The fourth-order valence-electron chi connectivity index (χ4n) is 2.61. The van der Waals surface area contributed by atoms with Crippen LogP contribution in [0.2, 0.25) is 0 Å². The second-order valence-electron chi connectivity index (χ2n) is 7.96. The minimum Gasteiger partial charge on any atom is -0.456 e. The van der Waals surface area contributed by atoms with Gasteiger partial charge < -0.3 is 20.3 Å². The molecular weight excluding hydrogens is 506 g/mol. The average molecular weight is 570 g/mol. The third-order valence-corrected chi connectivity index (χ3v) is 4.36. The smallest absolute Gasteiger partial charge is 0.385 e. The van der Waals surface area contributed by atoms with E-state index in [1.54, 1.807) is 6.92 Å². The standard InChI is InChI=1S/C31H32O5.C2H5NO.13H2/c1-3-5-7-9-11-13-14-15-16-18-19-21-23-25-30(33)35-28-29(27-32)36-31(34)26-24-22-20-17-12-10-8-6-4-2;1-2(3)4;;;;;;;;;;;;;/h29,32H,4,6,8,10,12,17,20,22,24,26-28H2,1-2H3;1H3,(H2,3,4);13*1H/t29-;;;;;;;;;;;;;;/m0............../s1. The third kappa shape index (κ3) is 33.3. The van der Waals surface area contributed by atoms with Crippen LogP contribution in [0.4, 0.5) is 0 Å². The zero-order valence-electron chi connectivity index (χ0n) is 23.6. The van der Waals surface area contributed by atoms with Crippen LogP contribution in [0.3, 0.4) is 0 Å². The Morgan fingerprint density at radius 3 is 1.62 bits per heavy atom. The van der Waals surface area contributed by atoms with Crippen LogP contribution in [0.1, 0.15) is 104 Å². The van der Waals surface area contributed by atoms with E-state index in [4.69, 9.17) is 9.47 Å². The molecule has 0 saturated carbocycles. The molecule has 0 aliphatic heterocycles. The fourth-order valence-corrected chi connectivity index (χ4v) is 2.61.